The summed E-state index contributed by atoms with van der Waals surface area (Å²) in [7, 11) is 0. The van der Waals surface area contributed by atoms with Gasteiger partial charge in [-0.05, 0) is 107 Å². The molecule has 2 aromatic carbocycles. The first-order valence-electron chi connectivity index (χ1n) is 12.3. The van der Waals surface area contributed by atoms with E-state index in [2.05, 4.69) is 22.8 Å². The molecular weight excluding hydrogens is 400 g/mol. The highest BCUT2D eigenvalue weighted by molar-refractivity contribution is 5.40. The van der Waals surface area contributed by atoms with Crippen molar-refractivity contribution < 1.29 is 15.3 Å². The number of likely N-dealkylation sites (tertiary alicyclic amines) is 1. The smallest absolute Gasteiger partial charge is 0.157 e. The van der Waals surface area contributed by atoms with Crippen LogP contribution in [0.1, 0.15) is 56.6 Å². The topological polar surface area (TPSA) is 67.2 Å². The standard InChI is InChI=1S/C27H40N2O3/c1-2-14-28(18-13-22-8-6-10-25(30)20-22)15-4-3-5-16-29-17-7-9-24(29)19-23-11-12-26(31)27(32)21-23/h6,8,10-12,20-21,24,30-32H,2-5,7,9,13-19H2,1H3/t24-/m0/s1. The minimum absolute atomic E-state index is 0.0206. The van der Waals surface area contributed by atoms with Gasteiger partial charge in [0.1, 0.15) is 5.75 Å². The van der Waals surface area contributed by atoms with Gasteiger partial charge >= 0.3 is 0 Å². The van der Waals surface area contributed by atoms with E-state index in [0.717, 1.165) is 44.6 Å². The number of unbranched alkanes of at least 4 members (excludes halogenated alkanes) is 2. The second-order valence-corrected chi connectivity index (χ2v) is 9.18. The lowest BCUT2D eigenvalue weighted by atomic mass is 10.0. The van der Waals surface area contributed by atoms with E-state index < -0.39 is 0 Å². The lowest BCUT2D eigenvalue weighted by molar-refractivity contribution is 0.238. The van der Waals surface area contributed by atoms with Crippen LogP contribution in [0.2, 0.25) is 0 Å². The molecule has 3 N–H and O–H groups in total. The van der Waals surface area contributed by atoms with Crippen LogP contribution in [0.25, 0.3) is 0 Å². The Labute approximate surface area is 193 Å². The molecule has 0 saturated carbocycles. The number of nitrogens with zero attached hydrogens (tertiary/aromatic N) is 2. The number of benzene rings is 2. The van der Waals surface area contributed by atoms with Crippen molar-refractivity contribution in [1.82, 2.24) is 9.80 Å². The highest BCUT2D eigenvalue weighted by Gasteiger charge is 2.24. The average molecular weight is 441 g/mol. The molecule has 1 saturated heterocycles. The molecule has 176 valence electrons. The Hall–Kier alpha value is -2.24. The van der Waals surface area contributed by atoms with E-state index >= 15 is 0 Å². The van der Waals surface area contributed by atoms with E-state index in [4.69, 9.17) is 0 Å². The molecule has 0 amide bonds. The van der Waals surface area contributed by atoms with Crippen molar-refractivity contribution in [2.24, 2.45) is 0 Å². The third-order valence-electron chi connectivity index (χ3n) is 6.60. The number of phenols is 3. The Morgan fingerprint density at radius 3 is 2.56 bits per heavy atom. The van der Waals surface area contributed by atoms with Crippen LogP contribution in [-0.4, -0.2) is 63.9 Å². The van der Waals surface area contributed by atoms with E-state index in [-0.39, 0.29) is 11.5 Å². The van der Waals surface area contributed by atoms with Gasteiger partial charge in [0.15, 0.2) is 11.5 Å². The Kier molecular flexibility index (Phi) is 9.69. The number of hydrogen-bond acceptors (Lipinski definition) is 5. The van der Waals surface area contributed by atoms with Gasteiger partial charge in [-0.15, -0.1) is 0 Å². The normalized spacial score (nSPS) is 16.8. The summed E-state index contributed by atoms with van der Waals surface area (Å²) < 4.78 is 0. The summed E-state index contributed by atoms with van der Waals surface area (Å²) in [5.41, 5.74) is 2.30. The van der Waals surface area contributed by atoms with Crippen molar-refractivity contribution in [3.8, 4) is 17.2 Å². The van der Waals surface area contributed by atoms with Gasteiger partial charge in [-0.2, -0.15) is 0 Å². The summed E-state index contributed by atoms with van der Waals surface area (Å²) in [6.07, 6.45) is 9.24. The van der Waals surface area contributed by atoms with Gasteiger partial charge < -0.3 is 25.1 Å². The Bertz CT molecular complexity index is 826. The average Bonchev–Trinajstić information content (AvgIpc) is 3.21. The summed E-state index contributed by atoms with van der Waals surface area (Å²) in [4.78, 5) is 5.16. The summed E-state index contributed by atoms with van der Waals surface area (Å²) in [5, 5.41) is 28.9. The van der Waals surface area contributed by atoms with E-state index in [1.54, 1.807) is 18.2 Å². The van der Waals surface area contributed by atoms with Crippen molar-refractivity contribution in [2.45, 2.75) is 64.3 Å². The van der Waals surface area contributed by atoms with Crippen LogP contribution < -0.4 is 0 Å². The molecule has 2 aromatic rings. The second-order valence-electron chi connectivity index (χ2n) is 9.18. The maximum absolute atomic E-state index is 9.76. The van der Waals surface area contributed by atoms with Gasteiger partial charge in [0.25, 0.3) is 0 Å². The highest BCUT2D eigenvalue weighted by Crippen LogP contribution is 2.28. The summed E-state index contributed by atoms with van der Waals surface area (Å²) in [5.74, 6) is 0.288. The van der Waals surface area contributed by atoms with Gasteiger partial charge in [-0.1, -0.05) is 31.5 Å². The van der Waals surface area contributed by atoms with E-state index in [0.29, 0.717) is 11.8 Å². The van der Waals surface area contributed by atoms with Gasteiger partial charge in [0.05, 0.1) is 0 Å². The molecule has 1 aliphatic rings. The van der Waals surface area contributed by atoms with Gasteiger partial charge in [-0.25, -0.2) is 0 Å². The SMILES string of the molecule is CCCN(CCCCCN1CCC[C@H]1Cc1ccc(O)c(O)c1)CCc1cccc(O)c1. The minimum atomic E-state index is -0.0453. The molecular formula is C27H40N2O3. The molecule has 1 aliphatic heterocycles. The van der Waals surface area contributed by atoms with Crippen LogP contribution in [0.3, 0.4) is 0 Å². The number of aromatic hydroxyl groups is 3. The Morgan fingerprint density at radius 2 is 1.78 bits per heavy atom. The predicted molar refractivity (Wildman–Crippen MR) is 130 cm³/mol. The Balaban J connectivity index is 1.35. The molecule has 0 aliphatic carbocycles. The van der Waals surface area contributed by atoms with E-state index in [1.165, 1.54) is 50.6 Å². The van der Waals surface area contributed by atoms with Crippen LogP contribution >= 0.6 is 0 Å². The number of rotatable bonds is 13. The zero-order valence-electron chi connectivity index (χ0n) is 19.5. The molecule has 0 radical (unpaired) electrons. The molecule has 5 nitrogen and oxygen atoms in total. The van der Waals surface area contributed by atoms with E-state index in [9.17, 15) is 15.3 Å². The number of phenolic OH excluding ortho intramolecular Hbond substituents is 3. The monoisotopic (exact) mass is 440 g/mol. The van der Waals surface area contributed by atoms with Crippen molar-refractivity contribution in [3.05, 3.63) is 53.6 Å². The van der Waals surface area contributed by atoms with Gasteiger partial charge in [0, 0.05) is 12.6 Å². The number of hydrogen-bond donors (Lipinski definition) is 3. The van der Waals surface area contributed by atoms with Crippen LogP contribution in [0, 0.1) is 0 Å². The largest absolute Gasteiger partial charge is 0.508 e. The van der Waals surface area contributed by atoms with Crippen molar-refractivity contribution >= 4 is 0 Å². The van der Waals surface area contributed by atoms with Crippen molar-refractivity contribution in [1.29, 1.82) is 0 Å². The molecule has 5 heteroatoms. The fraction of sp³-hybridized carbons (Fsp3) is 0.556. The van der Waals surface area contributed by atoms with Crippen LogP contribution in [0.15, 0.2) is 42.5 Å². The van der Waals surface area contributed by atoms with Crippen molar-refractivity contribution in [2.75, 3.05) is 32.7 Å². The lowest BCUT2D eigenvalue weighted by Gasteiger charge is -2.25. The van der Waals surface area contributed by atoms with Crippen LogP contribution in [0.5, 0.6) is 17.2 Å². The van der Waals surface area contributed by atoms with Crippen LogP contribution in [-0.2, 0) is 12.8 Å². The fourth-order valence-electron chi connectivity index (χ4n) is 4.87. The maximum atomic E-state index is 9.76. The molecule has 0 bridgehead atoms. The summed E-state index contributed by atoms with van der Waals surface area (Å²) in [6.45, 7) is 7.87. The third kappa shape index (κ3) is 7.72. The van der Waals surface area contributed by atoms with Crippen LogP contribution in [0.4, 0.5) is 0 Å². The summed E-state index contributed by atoms with van der Waals surface area (Å²) >= 11 is 0. The summed E-state index contributed by atoms with van der Waals surface area (Å²) in [6, 6.07) is 13.4. The third-order valence-corrected chi connectivity index (χ3v) is 6.60. The molecule has 1 atom stereocenters. The molecule has 1 heterocycles. The van der Waals surface area contributed by atoms with Gasteiger partial charge in [0.2, 0.25) is 0 Å². The molecule has 0 spiro atoms. The molecule has 32 heavy (non-hydrogen) atoms. The molecule has 0 aromatic heterocycles. The minimum Gasteiger partial charge on any atom is -0.508 e. The first-order chi connectivity index (χ1) is 15.5. The first kappa shape index (κ1) is 24.4. The first-order valence-corrected chi connectivity index (χ1v) is 12.3. The Morgan fingerprint density at radius 1 is 0.906 bits per heavy atom. The zero-order chi connectivity index (χ0) is 22.8. The maximum Gasteiger partial charge on any atom is 0.157 e. The molecule has 3 rings (SSSR count). The second kappa shape index (κ2) is 12.7. The highest BCUT2D eigenvalue weighted by atomic mass is 16.3. The zero-order valence-corrected chi connectivity index (χ0v) is 19.5. The lowest BCUT2D eigenvalue weighted by Crippen LogP contribution is -2.32. The quantitative estimate of drug-likeness (QED) is 0.304. The van der Waals surface area contributed by atoms with E-state index in [1.807, 2.05) is 18.2 Å². The van der Waals surface area contributed by atoms with Gasteiger partial charge in [-0.3, -0.25) is 0 Å². The molecule has 0 unspecified atom stereocenters. The van der Waals surface area contributed by atoms with Crippen molar-refractivity contribution in [3.63, 3.8) is 0 Å². The predicted octanol–water partition coefficient (Wildman–Crippen LogP) is 4.94. The molecule has 1 fully saturated rings. The fourth-order valence-corrected chi connectivity index (χ4v) is 4.87.